The Bertz CT molecular complexity index is 176. The van der Waals surface area contributed by atoms with E-state index >= 15 is 0 Å². The molecule has 0 unspecified atom stereocenters. The number of aromatic nitrogens is 2. The van der Waals surface area contributed by atoms with Crippen LogP contribution in [-0.4, -0.2) is 28.2 Å². The third kappa shape index (κ3) is 3.69. The highest BCUT2D eigenvalue weighted by Gasteiger charge is 1.95. The molecule has 0 saturated heterocycles. The standard InChI is InChI=1S/C6H11N3S2/c1-2-7-3-4-10-6-8-5-9-11-6/h5,7H,2-4H2,1H3. The summed E-state index contributed by atoms with van der Waals surface area (Å²) in [6, 6.07) is 0. The number of hydrogen-bond acceptors (Lipinski definition) is 5. The largest absolute Gasteiger partial charge is 0.316 e. The van der Waals surface area contributed by atoms with E-state index in [4.69, 9.17) is 0 Å². The van der Waals surface area contributed by atoms with Crippen LogP contribution in [0.1, 0.15) is 6.92 Å². The van der Waals surface area contributed by atoms with Crippen molar-refractivity contribution in [1.82, 2.24) is 14.7 Å². The summed E-state index contributed by atoms with van der Waals surface area (Å²) in [5.41, 5.74) is 0. The third-order valence-electron chi connectivity index (χ3n) is 1.10. The molecule has 0 aliphatic carbocycles. The molecule has 1 rings (SSSR count). The molecule has 5 heteroatoms. The Hall–Kier alpha value is -0.130. The molecular formula is C6H11N3S2. The molecule has 0 atom stereocenters. The second-order valence-corrected chi connectivity index (χ2v) is 4.03. The molecule has 0 saturated carbocycles. The summed E-state index contributed by atoms with van der Waals surface area (Å²) < 4.78 is 4.97. The lowest BCUT2D eigenvalue weighted by molar-refractivity contribution is 0.768. The van der Waals surface area contributed by atoms with Gasteiger partial charge in [-0.1, -0.05) is 18.7 Å². The van der Waals surface area contributed by atoms with Crippen molar-refractivity contribution in [1.29, 1.82) is 0 Å². The maximum atomic E-state index is 4.06. The molecule has 0 aliphatic rings. The zero-order valence-corrected chi connectivity index (χ0v) is 8.04. The van der Waals surface area contributed by atoms with Gasteiger partial charge in [-0.05, 0) is 18.1 Å². The Morgan fingerprint density at radius 1 is 1.73 bits per heavy atom. The highest BCUT2D eigenvalue weighted by molar-refractivity contribution is 8.00. The van der Waals surface area contributed by atoms with E-state index in [1.54, 1.807) is 18.1 Å². The van der Waals surface area contributed by atoms with Crippen molar-refractivity contribution in [3.8, 4) is 0 Å². The molecule has 11 heavy (non-hydrogen) atoms. The minimum atomic E-state index is 1.04. The van der Waals surface area contributed by atoms with Crippen molar-refractivity contribution in [3.05, 3.63) is 6.33 Å². The first kappa shape index (κ1) is 8.96. The number of nitrogens with one attached hydrogen (secondary N) is 1. The second kappa shape index (κ2) is 5.51. The monoisotopic (exact) mass is 189 g/mol. The van der Waals surface area contributed by atoms with Crippen LogP contribution in [0, 0.1) is 0 Å². The van der Waals surface area contributed by atoms with Crippen molar-refractivity contribution in [3.63, 3.8) is 0 Å². The summed E-state index contributed by atoms with van der Waals surface area (Å²) in [6.07, 6.45) is 1.60. The Balaban J connectivity index is 2.04. The van der Waals surface area contributed by atoms with Crippen molar-refractivity contribution >= 4 is 23.3 Å². The number of nitrogens with zero attached hydrogens (tertiary/aromatic N) is 2. The Morgan fingerprint density at radius 2 is 2.64 bits per heavy atom. The van der Waals surface area contributed by atoms with Crippen molar-refractivity contribution < 1.29 is 0 Å². The van der Waals surface area contributed by atoms with Crippen LogP contribution in [0.4, 0.5) is 0 Å². The molecule has 0 amide bonds. The van der Waals surface area contributed by atoms with Gasteiger partial charge >= 0.3 is 0 Å². The molecule has 0 fully saturated rings. The molecule has 1 heterocycles. The van der Waals surface area contributed by atoms with Crippen LogP contribution in [0.5, 0.6) is 0 Å². The minimum Gasteiger partial charge on any atom is -0.316 e. The summed E-state index contributed by atoms with van der Waals surface area (Å²) in [5, 5.41) is 3.25. The first-order chi connectivity index (χ1) is 5.43. The molecule has 0 radical (unpaired) electrons. The van der Waals surface area contributed by atoms with E-state index in [-0.39, 0.29) is 0 Å². The predicted molar refractivity (Wildman–Crippen MR) is 49.2 cm³/mol. The van der Waals surface area contributed by atoms with Gasteiger partial charge in [0.1, 0.15) is 6.33 Å². The smallest absolute Gasteiger partial charge is 0.169 e. The van der Waals surface area contributed by atoms with Crippen LogP contribution in [0.25, 0.3) is 0 Å². The third-order valence-corrected chi connectivity index (χ3v) is 2.89. The highest BCUT2D eigenvalue weighted by Crippen LogP contribution is 2.16. The zero-order valence-electron chi connectivity index (χ0n) is 6.41. The SMILES string of the molecule is CCNCCSc1ncns1. The molecule has 62 valence electrons. The molecule has 0 aliphatic heterocycles. The highest BCUT2D eigenvalue weighted by atomic mass is 32.2. The van der Waals surface area contributed by atoms with Gasteiger partial charge in [0.15, 0.2) is 4.34 Å². The van der Waals surface area contributed by atoms with Crippen LogP contribution in [0.2, 0.25) is 0 Å². The quantitative estimate of drug-likeness (QED) is 0.558. The zero-order chi connectivity index (χ0) is 7.94. The van der Waals surface area contributed by atoms with Gasteiger partial charge in [0.05, 0.1) is 0 Å². The van der Waals surface area contributed by atoms with E-state index in [0.717, 1.165) is 23.2 Å². The topological polar surface area (TPSA) is 37.8 Å². The molecular weight excluding hydrogens is 178 g/mol. The van der Waals surface area contributed by atoms with Gasteiger partial charge in [-0.25, -0.2) is 4.98 Å². The van der Waals surface area contributed by atoms with E-state index in [1.165, 1.54) is 11.5 Å². The van der Waals surface area contributed by atoms with Gasteiger partial charge in [0, 0.05) is 12.3 Å². The summed E-state index contributed by atoms with van der Waals surface area (Å²) in [6.45, 7) is 4.19. The molecule has 0 spiro atoms. The van der Waals surface area contributed by atoms with Gasteiger partial charge in [0.25, 0.3) is 0 Å². The van der Waals surface area contributed by atoms with Gasteiger partial charge in [-0.2, -0.15) is 4.37 Å². The fourth-order valence-electron chi connectivity index (χ4n) is 0.614. The summed E-state index contributed by atoms with van der Waals surface area (Å²) in [5.74, 6) is 1.07. The fourth-order valence-corrected chi connectivity index (χ4v) is 2.03. The maximum absolute atomic E-state index is 4.06. The second-order valence-electron chi connectivity index (χ2n) is 1.91. The van der Waals surface area contributed by atoms with Crippen molar-refractivity contribution in [2.75, 3.05) is 18.8 Å². The van der Waals surface area contributed by atoms with E-state index in [1.807, 2.05) is 0 Å². The predicted octanol–water partition coefficient (Wildman–Crippen LogP) is 1.24. The Labute approximate surface area is 74.8 Å². The van der Waals surface area contributed by atoms with E-state index in [0.29, 0.717) is 0 Å². The van der Waals surface area contributed by atoms with E-state index in [2.05, 4.69) is 21.6 Å². The van der Waals surface area contributed by atoms with Crippen molar-refractivity contribution in [2.24, 2.45) is 0 Å². The molecule has 1 aromatic rings. The average molecular weight is 189 g/mol. The molecule has 1 N–H and O–H groups in total. The molecule has 0 aromatic carbocycles. The fraction of sp³-hybridized carbons (Fsp3) is 0.667. The Morgan fingerprint density at radius 3 is 3.27 bits per heavy atom. The average Bonchev–Trinajstić information content (AvgIpc) is 2.50. The van der Waals surface area contributed by atoms with Crippen LogP contribution in [0.3, 0.4) is 0 Å². The van der Waals surface area contributed by atoms with E-state index in [9.17, 15) is 0 Å². The lowest BCUT2D eigenvalue weighted by Gasteiger charge is -1.97. The summed E-state index contributed by atoms with van der Waals surface area (Å²) in [7, 11) is 0. The molecule has 3 nitrogen and oxygen atoms in total. The number of hydrogen-bond donors (Lipinski definition) is 1. The maximum Gasteiger partial charge on any atom is 0.169 e. The van der Waals surface area contributed by atoms with Gasteiger partial charge in [-0.15, -0.1) is 0 Å². The molecule has 1 aromatic heterocycles. The van der Waals surface area contributed by atoms with Crippen LogP contribution < -0.4 is 5.32 Å². The minimum absolute atomic E-state index is 1.04. The van der Waals surface area contributed by atoms with Crippen molar-refractivity contribution in [2.45, 2.75) is 11.3 Å². The summed E-state index contributed by atoms with van der Waals surface area (Å²) in [4.78, 5) is 4.06. The lowest BCUT2D eigenvalue weighted by atomic mass is 10.7. The first-order valence-corrected chi connectivity index (χ1v) is 5.29. The molecule has 0 bridgehead atoms. The van der Waals surface area contributed by atoms with Crippen LogP contribution in [0.15, 0.2) is 10.7 Å². The van der Waals surface area contributed by atoms with Gasteiger partial charge in [-0.3, -0.25) is 0 Å². The van der Waals surface area contributed by atoms with Gasteiger partial charge in [0.2, 0.25) is 0 Å². The number of thioether (sulfide) groups is 1. The summed E-state index contributed by atoms with van der Waals surface area (Å²) >= 11 is 3.20. The van der Waals surface area contributed by atoms with E-state index < -0.39 is 0 Å². The number of rotatable bonds is 5. The normalized spacial score (nSPS) is 10.3. The lowest BCUT2D eigenvalue weighted by Crippen LogP contribution is -2.15. The Kier molecular flexibility index (Phi) is 4.49. The van der Waals surface area contributed by atoms with Crippen LogP contribution >= 0.6 is 23.3 Å². The first-order valence-electron chi connectivity index (χ1n) is 3.53. The van der Waals surface area contributed by atoms with Crippen LogP contribution in [-0.2, 0) is 0 Å². The van der Waals surface area contributed by atoms with Gasteiger partial charge < -0.3 is 5.32 Å².